The molecule has 0 saturated carbocycles. The maximum Gasteiger partial charge on any atom is 0.410 e. The Morgan fingerprint density at radius 3 is 2.46 bits per heavy atom. The molecule has 2 saturated heterocycles. The average Bonchev–Trinajstić information content (AvgIpc) is 2.85. The minimum atomic E-state index is -0.992. The lowest BCUT2D eigenvalue weighted by atomic mass is 9.83. The summed E-state index contributed by atoms with van der Waals surface area (Å²) in [7, 11) is 0. The molecule has 1 aromatic carbocycles. The molecule has 1 amide bonds. The second kappa shape index (κ2) is 5.95. The van der Waals surface area contributed by atoms with Crippen molar-refractivity contribution in [3.63, 3.8) is 0 Å². The van der Waals surface area contributed by atoms with Crippen LogP contribution in [0, 0.1) is 0 Å². The number of carbonyl (C=O) groups is 1. The third-order valence-corrected chi connectivity index (χ3v) is 5.45. The number of benzene rings is 1. The van der Waals surface area contributed by atoms with Crippen molar-refractivity contribution in [3.05, 3.63) is 42.1 Å². The predicted molar refractivity (Wildman–Crippen MR) is 99.8 cm³/mol. The van der Waals surface area contributed by atoms with Crippen molar-refractivity contribution in [2.24, 2.45) is 0 Å². The van der Waals surface area contributed by atoms with Crippen LogP contribution in [-0.2, 0) is 10.3 Å². The maximum absolute atomic E-state index is 12.6. The molecule has 1 N–H and O–H groups in total. The van der Waals surface area contributed by atoms with Crippen molar-refractivity contribution in [1.82, 2.24) is 9.88 Å². The van der Waals surface area contributed by atoms with Crippen molar-refractivity contribution >= 4 is 17.0 Å². The number of carbonyl (C=O) groups excluding carboxylic acids is 1. The van der Waals surface area contributed by atoms with Gasteiger partial charge >= 0.3 is 6.09 Å². The van der Waals surface area contributed by atoms with E-state index in [1.165, 1.54) is 0 Å². The molecule has 3 heterocycles. The van der Waals surface area contributed by atoms with Gasteiger partial charge in [-0.15, -0.1) is 0 Å². The monoisotopic (exact) mass is 354 g/mol. The number of pyridine rings is 1. The maximum atomic E-state index is 12.6. The molecule has 2 aliphatic rings. The Balaban J connectivity index is 1.59. The van der Waals surface area contributed by atoms with Crippen LogP contribution >= 0.6 is 0 Å². The van der Waals surface area contributed by atoms with Crippen molar-refractivity contribution in [1.29, 1.82) is 0 Å². The molecule has 2 unspecified atom stereocenters. The van der Waals surface area contributed by atoms with Gasteiger partial charge in [-0.2, -0.15) is 0 Å². The van der Waals surface area contributed by atoms with E-state index in [1.807, 2.05) is 62.1 Å². The molecule has 0 aliphatic carbocycles. The van der Waals surface area contributed by atoms with Crippen LogP contribution in [0.4, 0.5) is 4.79 Å². The molecule has 2 bridgehead atoms. The van der Waals surface area contributed by atoms with Crippen LogP contribution in [0.15, 0.2) is 36.4 Å². The van der Waals surface area contributed by atoms with E-state index in [-0.39, 0.29) is 18.2 Å². The van der Waals surface area contributed by atoms with Gasteiger partial charge in [-0.3, -0.25) is 0 Å². The highest BCUT2D eigenvalue weighted by atomic mass is 16.6. The van der Waals surface area contributed by atoms with Gasteiger partial charge in [0.2, 0.25) is 0 Å². The van der Waals surface area contributed by atoms with Gasteiger partial charge < -0.3 is 14.7 Å². The van der Waals surface area contributed by atoms with Gasteiger partial charge in [0.15, 0.2) is 0 Å². The summed E-state index contributed by atoms with van der Waals surface area (Å²) in [5.41, 5.74) is 0.0933. The first-order valence-corrected chi connectivity index (χ1v) is 9.35. The first-order chi connectivity index (χ1) is 12.3. The van der Waals surface area contributed by atoms with Crippen molar-refractivity contribution in [3.8, 4) is 0 Å². The highest BCUT2D eigenvalue weighted by Gasteiger charge is 2.51. The summed E-state index contributed by atoms with van der Waals surface area (Å²) in [6.45, 7) is 5.64. The topological polar surface area (TPSA) is 62.7 Å². The van der Waals surface area contributed by atoms with Crippen LogP contribution in [0.2, 0.25) is 0 Å². The average molecular weight is 354 g/mol. The highest BCUT2D eigenvalue weighted by Crippen LogP contribution is 2.45. The molecule has 5 heteroatoms. The van der Waals surface area contributed by atoms with E-state index in [4.69, 9.17) is 9.72 Å². The van der Waals surface area contributed by atoms with Gasteiger partial charge in [0.05, 0.1) is 11.2 Å². The third kappa shape index (κ3) is 3.05. The Kier molecular flexibility index (Phi) is 3.95. The molecule has 2 atom stereocenters. The fourth-order valence-corrected chi connectivity index (χ4v) is 4.37. The fourth-order valence-electron chi connectivity index (χ4n) is 4.37. The van der Waals surface area contributed by atoms with E-state index in [2.05, 4.69) is 0 Å². The van der Waals surface area contributed by atoms with Gasteiger partial charge in [-0.05, 0) is 45.7 Å². The number of amides is 1. The number of rotatable bonds is 1. The van der Waals surface area contributed by atoms with E-state index in [9.17, 15) is 9.90 Å². The van der Waals surface area contributed by atoms with Crippen molar-refractivity contribution < 1.29 is 14.6 Å². The Morgan fingerprint density at radius 1 is 1.15 bits per heavy atom. The number of ether oxygens (including phenoxy) is 1. The Hall–Kier alpha value is -2.14. The minimum absolute atomic E-state index is 0.00173. The number of fused-ring (bicyclic) bond motifs is 3. The molecule has 5 nitrogen and oxygen atoms in total. The summed E-state index contributed by atoms with van der Waals surface area (Å²) in [5, 5.41) is 12.4. The van der Waals surface area contributed by atoms with Crippen molar-refractivity contribution in [2.45, 2.75) is 69.7 Å². The molecule has 2 aliphatic heterocycles. The number of aromatic nitrogens is 1. The summed E-state index contributed by atoms with van der Waals surface area (Å²) in [5.74, 6) is 0. The quantitative estimate of drug-likeness (QED) is 0.841. The smallest absolute Gasteiger partial charge is 0.410 e. The summed E-state index contributed by atoms with van der Waals surface area (Å²) >= 11 is 0. The zero-order valence-corrected chi connectivity index (χ0v) is 15.6. The van der Waals surface area contributed by atoms with E-state index in [1.54, 1.807) is 0 Å². The van der Waals surface area contributed by atoms with Crippen LogP contribution < -0.4 is 0 Å². The van der Waals surface area contributed by atoms with Crippen LogP contribution in [0.3, 0.4) is 0 Å². The molecule has 2 fully saturated rings. The predicted octanol–water partition coefficient (Wildman–Crippen LogP) is 3.98. The normalized spacial score (nSPS) is 28.4. The molecule has 26 heavy (non-hydrogen) atoms. The molecular formula is C21H26N2O3. The largest absolute Gasteiger partial charge is 0.444 e. The standard InChI is InChI=1S/C21H26N2O3/c1-20(2,3)26-19(24)23-15-9-10-16(23)13-21(25,12-15)18-11-8-14-6-4-5-7-17(14)22-18/h4-8,11,15-16,25H,9-10,12-13H2,1-3H3. The lowest BCUT2D eigenvalue weighted by Gasteiger charge is -2.43. The SMILES string of the molecule is CC(C)(C)OC(=O)N1C2CCC1CC(O)(c1ccc3ccccc3n1)C2. The number of hydrogen-bond donors (Lipinski definition) is 1. The molecule has 2 aromatic rings. The van der Waals surface area contributed by atoms with Crippen LogP contribution in [0.1, 0.15) is 52.1 Å². The first kappa shape index (κ1) is 17.3. The van der Waals surface area contributed by atoms with Gasteiger partial charge in [-0.25, -0.2) is 9.78 Å². The zero-order chi connectivity index (χ0) is 18.5. The first-order valence-electron chi connectivity index (χ1n) is 9.35. The van der Waals surface area contributed by atoms with Crippen LogP contribution in [-0.4, -0.2) is 38.8 Å². The van der Waals surface area contributed by atoms with Gasteiger partial charge in [0, 0.05) is 30.3 Å². The van der Waals surface area contributed by atoms with Crippen LogP contribution in [0.5, 0.6) is 0 Å². The number of nitrogens with zero attached hydrogens (tertiary/aromatic N) is 2. The van der Waals surface area contributed by atoms with Gasteiger partial charge in [0.1, 0.15) is 11.2 Å². The summed E-state index contributed by atoms with van der Waals surface area (Å²) in [4.78, 5) is 19.2. The summed E-state index contributed by atoms with van der Waals surface area (Å²) < 4.78 is 5.58. The van der Waals surface area contributed by atoms with Crippen LogP contribution in [0.25, 0.3) is 10.9 Å². The van der Waals surface area contributed by atoms with Gasteiger partial charge in [-0.1, -0.05) is 24.3 Å². The number of aliphatic hydroxyl groups is 1. The molecule has 138 valence electrons. The van der Waals surface area contributed by atoms with Crippen molar-refractivity contribution in [2.75, 3.05) is 0 Å². The second-order valence-corrected chi connectivity index (χ2v) is 8.60. The molecule has 4 rings (SSSR count). The van der Waals surface area contributed by atoms with Gasteiger partial charge in [0.25, 0.3) is 0 Å². The number of piperidine rings is 1. The number of hydrogen-bond acceptors (Lipinski definition) is 4. The minimum Gasteiger partial charge on any atom is -0.444 e. The second-order valence-electron chi connectivity index (χ2n) is 8.60. The lowest BCUT2D eigenvalue weighted by molar-refractivity contribution is -0.0645. The molecule has 0 spiro atoms. The Bertz CT molecular complexity index is 829. The van der Waals surface area contributed by atoms with E-state index in [0.29, 0.717) is 18.5 Å². The Morgan fingerprint density at radius 2 is 1.81 bits per heavy atom. The lowest BCUT2D eigenvalue weighted by Crippen LogP contribution is -2.53. The summed E-state index contributed by atoms with van der Waals surface area (Å²) in [6.07, 6.45) is 2.56. The zero-order valence-electron chi connectivity index (χ0n) is 15.6. The number of para-hydroxylation sites is 1. The highest BCUT2D eigenvalue weighted by molar-refractivity contribution is 5.78. The fraction of sp³-hybridized carbons (Fsp3) is 0.524. The summed E-state index contributed by atoms with van der Waals surface area (Å²) in [6, 6.07) is 11.9. The van der Waals surface area contributed by atoms with E-state index >= 15 is 0 Å². The molecular weight excluding hydrogens is 328 g/mol. The third-order valence-electron chi connectivity index (χ3n) is 5.45. The Labute approximate surface area is 154 Å². The molecule has 1 aromatic heterocycles. The van der Waals surface area contributed by atoms with E-state index in [0.717, 1.165) is 23.7 Å². The van der Waals surface area contributed by atoms with E-state index < -0.39 is 11.2 Å². The molecule has 0 radical (unpaired) electrons.